The van der Waals surface area contributed by atoms with Crippen molar-refractivity contribution < 1.29 is 24.2 Å². The maximum absolute atomic E-state index is 12.7. The van der Waals surface area contributed by atoms with E-state index >= 15 is 0 Å². The van der Waals surface area contributed by atoms with Gasteiger partial charge >= 0.3 is 5.97 Å². The van der Waals surface area contributed by atoms with E-state index in [1.165, 1.54) is 12.1 Å². The van der Waals surface area contributed by atoms with Crippen molar-refractivity contribution in [3.05, 3.63) is 58.9 Å². The Bertz CT molecular complexity index is 936. The Morgan fingerprint density at radius 1 is 1.07 bits per heavy atom. The number of ether oxygens (including phenoxy) is 1. The van der Waals surface area contributed by atoms with E-state index in [4.69, 9.17) is 9.84 Å². The summed E-state index contributed by atoms with van der Waals surface area (Å²) in [6.07, 6.45) is 0.280. The number of carboxylic acid groups (broad SMARTS) is 1. The predicted molar refractivity (Wildman–Crippen MR) is 105 cm³/mol. The molecule has 1 aromatic heterocycles. The van der Waals surface area contributed by atoms with E-state index in [1.807, 2.05) is 24.3 Å². The minimum atomic E-state index is -1.07. The van der Waals surface area contributed by atoms with Crippen LogP contribution >= 0.6 is 0 Å². The SMILES string of the molecule is COc1cccc(CC(=O)N2CCN(C(=O)c3ccc(C(=O)O)c(C)n3)CC2)c1. The monoisotopic (exact) mass is 397 g/mol. The largest absolute Gasteiger partial charge is 0.497 e. The van der Waals surface area contributed by atoms with Crippen molar-refractivity contribution in [2.45, 2.75) is 13.3 Å². The van der Waals surface area contributed by atoms with Crippen LogP contribution in [0.15, 0.2) is 36.4 Å². The van der Waals surface area contributed by atoms with Gasteiger partial charge in [0.1, 0.15) is 11.4 Å². The molecule has 29 heavy (non-hydrogen) atoms. The summed E-state index contributed by atoms with van der Waals surface area (Å²) < 4.78 is 5.19. The van der Waals surface area contributed by atoms with Crippen LogP contribution < -0.4 is 4.74 Å². The van der Waals surface area contributed by atoms with Gasteiger partial charge in [-0.1, -0.05) is 12.1 Å². The molecule has 8 nitrogen and oxygen atoms in total. The third-order valence-electron chi connectivity index (χ3n) is 4.94. The molecule has 1 fully saturated rings. The van der Waals surface area contributed by atoms with Gasteiger partial charge in [-0.2, -0.15) is 0 Å². The number of pyridine rings is 1. The summed E-state index contributed by atoms with van der Waals surface area (Å²) in [5, 5.41) is 9.08. The van der Waals surface area contributed by atoms with Gasteiger partial charge in [-0.15, -0.1) is 0 Å². The Kier molecular flexibility index (Phi) is 6.11. The number of hydrogen-bond acceptors (Lipinski definition) is 5. The van der Waals surface area contributed by atoms with Crippen molar-refractivity contribution >= 4 is 17.8 Å². The molecule has 3 rings (SSSR count). The number of carboxylic acids is 1. The molecular weight excluding hydrogens is 374 g/mol. The van der Waals surface area contributed by atoms with E-state index in [0.717, 1.165) is 5.56 Å². The summed E-state index contributed by atoms with van der Waals surface area (Å²) >= 11 is 0. The molecule has 8 heteroatoms. The molecule has 152 valence electrons. The van der Waals surface area contributed by atoms with Gasteiger partial charge in [-0.3, -0.25) is 9.59 Å². The van der Waals surface area contributed by atoms with Gasteiger partial charge in [0.2, 0.25) is 5.91 Å². The van der Waals surface area contributed by atoms with Gasteiger partial charge in [0.15, 0.2) is 0 Å². The van der Waals surface area contributed by atoms with E-state index in [9.17, 15) is 14.4 Å². The van der Waals surface area contributed by atoms with E-state index in [-0.39, 0.29) is 29.5 Å². The molecule has 0 saturated carbocycles. The van der Waals surface area contributed by atoms with Crippen molar-refractivity contribution in [2.24, 2.45) is 0 Å². The predicted octanol–water partition coefficient (Wildman–Crippen LogP) is 1.62. The minimum Gasteiger partial charge on any atom is -0.497 e. The van der Waals surface area contributed by atoms with Gasteiger partial charge in [0.25, 0.3) is 5.91 Å². The second-order valence-corrected chi connectivity index (χ2v) is 6.84. The number of aryl methyl sites for hydroxylation is 1. The molecule has 1 saturated heterocycles. The molecule has 0 unspecified atom stereocenters. The maximum atomic E-state index is 12.7. The molecule has 0 spiro atoms. The first-order valence-electron chi connectivity index (χ1n) is 9.30. The van der Waals surface area contributed by atoms with Crippen LogP contribution in [-0.2, 0) is 11.2 Å². The summed E-state index contributed by atoms with van der Waals surface area (Å²) in [4.78, 5) is 43.8. The number of piperazine rings is 1. The highest BCUT2D eigenvalue weighted by Gasteiger charge is 2.26. The number of rotatable bonds is 5. The fourth-order valence-electron chi connectivity index (χ4n) is 3.30. The summed E-state index contributed by atoms with van der Waals surface area (Å²) in [6, 6.07) is 10.2. The fraction of sp³-hybridized carbons (Fsp3) is 0.333. The highest BCUT2D eigenvalue weighted by Crippen LogP contribution is 2.15. The summed E-state index contributed by atoms with van der Waals surface area (Å²) in [7, 11) is 1.59. The molecule has 1 aliphatic heterocycles. The quantitative estimate of drug-likeness (QED) is 0.823. The molecule has 0 radical (unpaired) electrons. The highest BCUT2D eigenvalue weighted by molar-refractivity contribution is 5.94. The molecule has 1 aromatic carbocycles. The first-order valence-corrected chi connectivity index (χ1v) is 9.30. The van der Waals surface area contributed by atoms with Crippen LogP contribution in [0.3, 0.4) is 0 Å². The third-order valence-corrected chi connectivity index (χ3v) is 4.94. The molecule has 2 heterocycles. The second-order valence-electron chi connectivity index (χ2n) is 6.84. The lowest BCUT2D eigenvalue weighted by atomic mass is 10.1. The number of aromatic nitrogens is 1. The van der Waals surface area contributed by atoms with Crippen LogP contribution in [0.4, 0.5) is 0 Å². The van der Waals surface area contributed by atoms with E-state index in [0.29, 0.717) is 37.6 Å². The molecule has 0 atom stereocenters. The first-order chi connectivity index (χ1) is 13.9. The topological polar surface area (TPSA) is 100 Å². The zero-order valence-electron chi connectivity index (χ0n) is 16.4. The molecule has 0 aliphatic carbocycles. The maximum Gasteiger partial charge on any atom is 0.337 e. The Morgan fingerprint density at radius 3 is 2.38 bits per heavy atom. The van der Waals surface area contributed by atoms with Gasteiger partial charge < -0.3 is 19.6 Å². The van der Waals surface area contributed by atoms with Crippen LogP contribution in [0.1, 0.15) is 32.1 Å². The third kappa shape index (κ3) is 4.71. The summed E-state index contributed by atoms with van der Waals surface area (Å²) in [5.41, 5.74) is 1.47. The zero-order valence-corrected chi connectivity index (χ0v) is 16.4. The minimum absolute atomic E-state index is 0.00475. The number of carbonyl (C=O) groups excluding carboxylic acids is 2. The molecular formula is C21H23N3O5. The first kappa shape index (κ1) is 20.3. The number of nitrogens with zero attached hydrogens (tertiary/aromatic N) is 3. The Labute approximate surface area is 168 Å². The molecule has 1 aliphatic rings. The number of carbonyl (C=O) groups is 3. The smallest absolute Gasteiger partial charge is 0.337 e. The number of methoxy groups -OCH3 is 1. The lowest BCUT2D eigenvalue weighted by molar-refractivity contribution is -0.131. The van der Waals surface area contributed by atoms with Crippen LogP contribution in [0.25, 0.3) is 0 Å². The van der Waals surface area contributed by atoms with Gasteiger partial charge in [-0.05, 0) is 36.8 Å². The van der Waals surface area contributed by atoms with E-state index in [1.54, 1.807) is 23.8 Å². The Morgan fingerprint density at radius 2 is 1.76 bits per heavy atom. The van der Waals surface area contributed by atoms with Crippen molar-refractivity contribution in [1.29, 1.82) is 0 Å². The number of aromatic carboxylic acids is 1. The fourth-order valence-corrected chi connectivity index (χ4v) is 3.30. The second kappa shape index (κ2) is 8.72. The van der Waals surface area contributed by atoms with Crippen LogP contribution in [-0.4, -0.2) is 71.0 Å². The highest BCUT2D eigenvalue weighted by atomic mass is 16.5. The zero-order chi connectivity index (χ0) is 21.0. The average Bonchev–Trinajstić information content (AvgIpc) is 2.73. The van der Waals surface area contributed by atoms with Crippen molar-refractivity contribution in [2.75, 3.05) is 33.3 Å². The number of benzene rings is 1. The van der Waals surface area contributed by atoms with Crippen LogP contribution in [0.2, 0.25) is 0 Å². The van der Waals surface area contributed by atoms with Gasteiger partial charge in [-0.25, -0.2) is 9.78 Å². The van der Waals surface area contributed by atoms with Crippen molar-refractivity contribution in [3.63, 3.8) is 0 Å². The van der Waals surface area contributed by atoms with E-state index < -0.39 is 5.97 Å². The van der Waals surface area contributed by atoms with Gasteiger partial charge in [0, 0.05) is 26.2 Å². The normalized spacial score (nSPS) is 13.9. The number of hydrogen-bond donors (Lipinski definition) is 1. The molecule has 2 aromatic rings. The van der Waals surface area contributed by atoms with Crippen molar-refractivity contribution in [3.8, 4) is 5.75 Å². The van der Waals surface area contributed by atoms with Crippen LogP contribution in [0, 0.1) is 6.92 Å². The van der Waals surface area contributed by atoms with E-state index in [2.05, 4.69) is 4.98 Å². The van der Waals surface area contributed by atoms with Crippen molar-refractivity contribution in [1.82, 2.24) is 14.8 Å². The lowest BCUT2D eigenvalue weighted by Crippen LogP contribution is -2.51. The summed E-state index contributed by atoms with van der Waals surface area (Å²) in [6.45, 7) is 3.27. The standard InChI is InChI=1S/C21H23N3O5/c1-14-17(21(27)28)6-7-18(22-14)20(26)24-10-8-23(9-11-24)19(25)13-15-4-3-5-16(12-15)29-2/h3-7,12H,8-11,13H2,1-2H3,(H,27,28). The molecule has 1 N–H and O–H groups in total. The Hall–Kier alpha value is -3.42. The van der Waals surface area contributed by atoms with Gasteiger partial charge in [0.05, 0.1) is 24.8 Å². The Balaban J connectivity index is 1.58. The van der Waals surface area contributed by atoms with Crippen LogP contribution in [0.5, 0.6) is 5.75 Å². The lowest BCUT2D eigenvalue weighted by Gasteiger charge is -2.34. The number of amides is 2. The molecule has 2 amide bonds. The summed E-state index contributed by atoms with van der Waals surface area (Å²) in [5.74, 6) is -0.616. The molecule has 0 bridgehead atoms. The average molecular weight is 397 g/mol.